The molecular formula is C11H8F2N4S. The summed E-state index contributed by atoms with van der Waals surface area (Å²) >= 11 is 1.33. The SMILES string of the molecule is Cc1sc2nc(N)nn2c1-c1cc(F)ccc1F. The summed E-state index contributed by atoms with van der Waals surface area (Å²) in [5.41, 5.74) is 6.13. The second-order valence-electron chi connectivity index (χ2n) is 3.80. The highest BCUT2D eigenvalue weighted by atomic mass is 32.1. The van der Waals surface area contributed by atoms with Crippen molar-refractivity contribution in [2.75, 3.05) is 5.73 Å². The van der Waals surface area contributed by atoms with Gasteiger partial charge in [0.2, 0.25) is 10.9 Å². The largest absolute Gasteiger partial charge is 0.366 e. The average molecular weight is 266 g/mol. The molecule has 2 N–H and O–H groups in total. The van der Waals surface area contributed by atoms with Crippen molar-refractivity contribution < 1.29 is 8.78 Å². The molecular weight excluding hydrogens is 258 g/mol. The van der Waals surface area contributed by atoms with Crippen LogP contribution in [0.5, 0.6) is 0 Å². The summed E-state index contributed by atoms with van der Waals surface area (Å²) in [4.78, 5) is 5.36. The molecule has 2 heterocycles. The van der Waals surface area contributed by atoms with Crippen LogP contribution < -0.4 is 5.73 Å². The van der Waals surface area contributed by atoms with Gasteiger partial charge in [-0.15, -0.1) is 5.10 Å². The fourth-order valence-electron chi connectivity index (χ4n) is 1.84. The number of hydrogen-bond acceptors (Lipinski definition) is 4. The first-order valence-corrected chi connectivity index (χ1v) is 5.95. The monoisotopic (exact) mass is 266 g/mol. The lowest BCUT2D eigenvalue weighted by molar-refractivity contribution is 0.602. The summed E-state index contributed by atoms with van der Waals surface area (Å²) in [6.07, 6.45) is 0. The number of benzene rings is 1. The molecule has 7 heteroatoms. The normalized spacial score (nSPS) is 11.3. The average Bonchev–Trinajstić information content (AvgIpc) is 2.77. The molecule has 0 aliphatic rings. The first kappa shape index (κ1) is 11.1. The maximum absolute atomic E-state index is 13.8. The molecule has 1 aromatic carbocycles. The molecule has 0 aliphatic carbocycles. The minimum Gasteiger partial charge on any atom is -0.366 e. The Morgan fingerprint density at radius 1 is 1.33 bits per heavy atom. The molecule has 0 spiro atoms. The predicted octanol–water partition coefficient (Wildman–Crippen LogP) is 2.63. The van der Waals surface area contributed by atoms with Gasteiger partial charge in [-0.3, -0.25) is 0 Å². The van der Waals surface area contributed by atoms with Crippen LogP contribution in [0.3, 0.4) is 0 Å². The van der Waals surface area contributed by atoms with Crippen LogP contribution in [0, 0.1) is 18.6 Å². The fraction of sp³-hybridized carbons (Fsp3) is 0.0909. The van der Waals surface area contributed by atoms with Gasteiger partial charge in [0.1, 0.15) is 11.6 Å². The molecule has 18 heavy (non-hydrogen) atoms. The first-order chi connectivity index (χ1) is 8.56. The minimum absolute atomic E-state index is 0.110. The molecule has 0 unspecified atom stereocenters. The van der Waals surface area contributed by atoms with Gasteiger partial charge in [0.25, 0.3) is 0 Å². The molecule has 0 aliphatic heterocycles. The van der Waals surface area contributed by atoms with E-state index in [2.05, 4.69) is 10.1 Å². The lowest BCUT2D eigenvalue weighted by Gasteiger charge is -2.03. The lowest BCUT2D eigenvalue weighted by atomic mass is 10.1. The summed E-state index contributed by atoms with van der Waals surface area (Å²) in [5.74, 6) is -0.897. The van der Waals surface area contributed by atoms with Crippen molar-refractivity contribution in [3.05, 3.63) is 34.7 Å². The Hall–Kier alpha value is -2.02. The van der Waals surface area contributed by atoms with Gasteiger partial charge < -0.3 is 5.73 Å². The smallest absolute Gasteiger partial charge is 0.241 e. The third-order valence-corrected chi connectivity index (χ3v) is 3.51. The van der Waals surface area contributed by atoms with E-state index >= 15 is 0 Å². The molecule has 0 radical (unpaired) electrons. The van der Waals surface area contributed by atoms with E-state index < -0.39 is 11.6 Å². The maximum atomic E-state index is 13.8. The fourth-order valence-corrected chi connectivity index (χ4v) is 2.77. The van der Waals surface area contributed by atoms with E-state index in [9.17, 15) is 8.78 Å². The number of fused-ring (bicyclic) bond motifs is 1. The number of aryl methyl sites for hydroxylation is 1. The van der Waals surface area contributed by atoms with Gasteiger partial charge in [-0.1, -0.05) is 11.3 Å². The minimum atomic E-state index is -0.506. The summed E-state index contributed by atoms with van der Waals surface area (Å²) < 4.78 is 28.5. The van der Waals surface area contributed by atoms with Crippen LogP contribution in [0.1, 0.15) is 4.88 Å². The van der Waals surface area contributed by atoms with E-state index in [1.165, 1.54) is 15.9 Å². The maximum Gasteiger partial charge on any atom is 0.241 e. The van der Waals surface area contributed by atoms with Gasteiger partial charge in [-0.25, -0.2) is 13.3 Å². The Kier molecular flexibility index (Phi) is 2.30. The van der Waals surface area contributed by atoms with Crippen molar-refractivity contribution in [3.63, 3.8) is 0 Å². The second kappa shape index (κ2) is 3.74. The van der Waals surface area contributed by atoms with Crippen LogP contribution in [0.2, 0.25) is 0 Å². The van der Waals surface area contributed by atoms with E-state index in [0.717, 1.165) is 23.1 Å². The number of nitrogens with two attached hydrogens (primary N) is 1. The Balaban J connectivity index is 2.36. The summed E-state index contributed by atoms with van der Waals surface area (Å²) in [6, 6.07) is 3.31. The molecule has 3 rings (SSSR count). The van der Waals surface area contributed by atoms with Crippen LogP contribution in [0.4, 0.5) is 14.7 Å². The van der Waals surface area contributed by atoms with Crippen LogP contribution in [-0.2, 0) is 0 Å². The molecule has 0 saturated carbocycles. The van der Waals surface area contributed by atoms with E-state index in [1.54, 1.807) is 6.92 Å². The summed E-state index contributed by atoms with van der Waals surface area (Å²) in [5, 5.41) is 3.99. The molecule has 0 amide bonds. The van der Waals surface area contributed by atoms with Crippen LogP contribution in [0.25, 0.3) is 16.2 Å². The van der Waals surface area contributed by atoms with Crippen LogP contribution >= 0.6 is 11.3 Å². The number of aromatic nitrogens is 3. The van der Waals surface area contributed by atoms with Gasteiger partial charge in [0.15, 0.2) is 0 Å². The van der Waals surface area contributed by atoms with E-state index in [0.29, 0.717) is 10.7 Å². The molecule has 92 valence electrons. The van der Waals surface area contributed by atoms with Crippen molar-refractivity contribution in [1.29, 1.82) is 0 Å². The summed E-state index contributed by atoms with van der Waals surface area (Å²) in [7, 11) is 0. The zero-order valence-corrected chi connectivity index (χ0v) is 10.1. The molecule has 4 nitrogen and oxygen atoms in total. The highest BCUT2D eigenvalue weighted by molar-refractivity contribution is 7.17. The Bertz CT molecular complexity index is 747. The number of thiazole rings is 1. The Labute approximate surface area is 105 Å². The van der Waals surface area contributed by atoms with Gasteiger partial charge in [-0.05, 0) is 25.1 Å². The van der Waals surface area contributed by atoms with Gasteiger partial charge >= 0.3 is 0 Å². The zero-order chi connectivity index (χ0) is 12.9. The number of nitrogens with zero attached hydrogens (tertiary/aromatic N) is 3. The predicted molar refractivity (Wildman–Crippen MR) is 65.4 cm³/mol. The highest BCUT2D eigenvalue weighted by Gasteiger charge is 2.18. The highest BCUT2D eigenvalue weighted by Crippen LogP contribution is 2.32. The van der Waals surface area contributed by atoms with Crippen molar-refractivity contribution in [1.82, 2.24) is 14.6 Å². The Morgan fingerprint density at radius 2 is 2.11 bits per heavy atom. The summed E-state index contributed by atoms with van der Waals surface area (Å²) in [6.45, 7) is 1.80. The van der Waals surface area contributed by atoms with Crippen LogP contribution in [0.15, 0.2) is 18.2 Å². The lowest BCUT2D eigenvalue weighted by Crippen LogP contribution is -1.95. The molecule has 0 bridgehead atoms. The van der Waals surface area contributed by atoms with Gasteiger partial charge in [0, 0.05) is 10.4 Å². The zero-order valence-electron chi connectivity index (χ0n) is 9.32. The van der Waals surface area contributed by atoms with E-state index in [1.807, 2.05) is 0 Å². The molecule has 0 fully saturated rings. The number of anilines is 1. The topological polar surface area (TPSA) is 56.2 Å². The van der Waals surface area contributed by atoms with Crippen molar-refractivity contribution in [2.24, 2.45) is 0 Å². The van der Waals surface area contributed by atoms with E-state index in [-0.39, 0.29) is 11.5 Å². The number of hydrogen-bond donors (Lipinski definition) is 1. The van der Waals surface area contributed by atoms with Gasteiger partial charge in [0.05, 0.1) is 5.69 Å². The van der Waals surface area contributed by atoms with E-state index in [4.69, 9.17) is 5.73 Å². The molecule has 2 aromatic heterocycles. The molecule has 0 saturated heterocycles. The van der Waals surface area contributed by atoms with Crippen molar-refractivity contribution in [3.8, 4) is 11.3 Å². The standard InChI is InChI=1S/C11H8F2N4S/c1-5-9(7-4-6(12)2-3-8(7)13)17-11(18-5)15-10(14)16-17/h2-4H,1H3,(H2,14,16). The quantitative estimate of drug-likeness (QED) is 0.736. The first-order valence-electron chi connectivity index (χ1n) is 5.13. The number of nitrogen functional groups attached to an aromatic ring is 1. The van der Waals surface area contributed by atoms with Crippen molar-refractivity contribution in [2.45, 2.75) is 6.92 Å². The Morgan fingerprint density at radius 3 is 2.89 bits per heavy atom. The number of rotatable bonds is 1. The second-order valence-corrected chi connectivity index (χ2v) is 4.98. The van der Waals surface area contributed by atoms with Crippen molar-refractivity contribution >= 4 is 22.2 Å². The molecule has 0 atom stereocenters. The van der Waals surface area contributed by atoms with Crippen LogP contribution in [-0.4, -0.2) is 14.6 Å². The molecule has 3 aromatic rings. The third-order valence-electron chi connectivity index (χ3n) is 2.57. The van der Waals surface area contributed by atoms with Gasteiger partial charge in [-0.2, -0.15) is 4.98 Å². The third kappa shape index (κ3) is 1.55. The number of halogens is 2.